The van der Waals surface area contributed by atoms with Gasteiger partial charge in [-0.1, -0.05) is 64.2 Å². The molecule has 4 rings (SSSR count). The van der Waals surface area contributed by atoms with Gasteiger partial charge in [-0.3, -0.25) is 4.79 Å². The summed E-state index contributed by atoms with van der Waals surface area (Å²) >= 11 is 17.8. The third kappa shape index (κ3) is 4.14. The fraction of sp³-hybridized carbons (Fsp3) is 0.391. The summed E-state index contributed by atoms with van der Waals surface area (Å²) in [5.41, 5.74) is -4.04. The number of halogens is 7. The first-order chi connectivity index (χ1) is 15.8. The molecule has 1 aliphatic carbocycles. The van der Waals surface area contributed by atoms with E-state index in [2.05, 4.69) is 5.16 Å². The monoisotopic (exact) mass is 536 g/mol. The molecular weight excluding hydrogens is 519 g/mol. The SMILES string of the molecule is CN(C)C(=O)C1CC(F)(c2ccc(C3=NOC(c4cc(Cl)c(Cl)c(Cl)c4)(C(F)(F)F)C3)cc2)C1. The van der Waals surface area contributed by atoms with Gasteiger partial charge in [-0.05, 0) is 36.1 Å². The van der Waals surface area contributed by atoms with Crippen LogP contribution in [0.15, 0.2) is 41.6 Å². The molecule has 0 radical (unpaired) electrons. The molecule has 0 N–H and O–H groups in total. The van der Waals surface area contributed by atoms with Crippen molar-refractivity contribution in [3.63, 3.8) is 0 Å². The summed E-state index contributed by atoms with van der Waals surface area (Å²) in [6.07, 6.45) is -5.36. The standard InChI is InChI=1S/C23H19Cl3F4N2O2/c1-32(2)20(33)13-9-21(27,10-13)14-5-3-12(4-6-14)18-11-22(34-31-18,23(28,29)30)15-7-16(24)19(26)17(25)8-15/h3-8,13H,9-11H2,1-2H3. The Kier molecular flexibility index (Phi) is 6.32. The average Bonchev–Trinajstić information content (AvgIpc) is 3.21. The first kappa shape index (κ1) is 25.1. The molecule has 1 heterocycles. The number of nitrogens with zero attached hydrogens (tertiary/aromatic N) is 2. The Morgan fingerprint density at radius 1 is 1.06 bits per heavy atom. The van der Waals surface area contributed by atoms with Gasteiger partial charge < -0.3 is 9.74 Å². The van der Waals surface area contributed by atoms with E-state index in [1.54, 1.807) is 14.1 Å². The van der Waals surface area contributed by atoms with Crippen molar-refractivity contribution < 1.29 is 27.2 Å². The van der Waals surface area contributed by atoms with Gasteiger partial charge in [0.25, 0.3) is 5.60 Å². The van der Waals surface area contributed by atoms with Crippen LogP contribution in [0.4, 0.5) is 17.6 Å². The average molecular weight is 538 g/mol. The minimum Gasteiger partial charge on any atom is -0.374 e. The molecule has 1 atom stereocenters. The molecule has 1 fully saturated rings. The topological polar surface area (TPSA) is 41.9 Å². The van der Waals surface area contributed by atoms with E-state index in [1.807, 2.05) is 0 Å². The van der Waals surface area contributed by atoms with E-state index < -0.39 is 29.8 Å². The molecule has 1 amide bonds. The van der Waals surface area contributed by atoms with Crippen molar-refractivity contribution in [3.05, 3.63) is 68.2 Å². The van der Waals surface area contributed by atoms with Crippen LogP contribution < -0.4 is 0 Å². The molecule has 1 aliphatic heterocycles. The van der Waals surface area contributed by atoms with Crippen LogP contribution in [0.3, 0.4) is 0 Å². The second-order valence-electron chi connectivity index (χ2n) is 8.77. The quantitative estimate of drug-likeness (QED) is 0.315. The Balaban J connectivity index is 1.56. The van der Waals surface area contributed by atoms with Gasteiger partial charge in [0.05, 0.1) is 20.8 Å². The number of amides is 1. The van der Waals surface area contributed by atoms with Crippen LogP contribution in [0.1, 0.15) is 36.0 Å². The summed E-state index contributed by atoms with van der Waals surface area (Å²) in [4.78, 5) is 18.4. The fourth-order valence-electron chi connectivity index (χ4n) is 4.31. The predicted molar refractivity (Wildman–Crippen MR) is 122 cm³/mol. The molecule has 11 heteroatoms. The van der Waals surface area contributed by atoms with Crippen molar-refractivity contribution in [3.8, 4) is 0 Å². The third-order valence-corrected chi connectivity index (χ3v) is 7.50. The first-order valence-corrected chi connectivity index (χ1v) is 11.4. The normalized spacial score (nSPS) is 26.5. The number of hydrogen-bond acceptors (Lipinski definition) is 3. The largest absolute Gasteiger partial charge is 0.435 e. The molecule has 1 unspecified atom stereocenters. The summed E-state index contributed by atoms with van der Waals surface area (Å²) in [6, 6.07) is 8.09. The van der Waals surface area contributed by atoms with Crippen LogP contribution in [0, 0.1) is 5.92 Å². The summed E-state index contributed by atoms with van der Waals surface area (Å²) in [6.45, 7) is 0. The first-order valence-electron chi connectivity index (χ1n) is 10.3. The van der Waals surface area contributed by atoms with Gasteiger partial charge in [-0.15, -0.1) is 0 Å². The van der Waals surface area contributed by atoms with Crippen molar-refractivity contribution in [2.75, 3.05) is 14.1 Å². The van der Waals surface area contributed by atoms with Gasteiger partial charge in [0.1, 0.15) is 5.67 Å². The van der Waals surface area contributed by atoms with Gasteiger partial charge in [0.15, 0.2) is 0 Å². The summed E-state index contributed by atoms with van der Waals surface area (Å²) in [5.74, 6) is -0.522. The van der Waals surface area contributed by atoms with E-state index in [0.29, 0.717) is 11.1 Å². The summed E-state index contributed by atoms with van der Waals surface area (Å²) in [5, 5.41) is 3.34. The Bertz CT molecular complexity index is 1140. The Hall–Kier alpha value is -2.03. The third-order valence-electron chi connectivity index (χ3n) is 6.30. The Morgan fingerprint density at radius 3 is 2.12 bits per heavy atom. The maximum Gasteiger partial charge on any atom is 0.435 e. The van der Waals surface area contributed by atoms with Crippen LogP contribution in [0.5, 0.6) is 0 Å². The molecule has 4 nitrogen and oxygen atoms in total. The van der Waals surface area contributed by atoms with Gasteiger partial charge >= 0.3 is 6.18 Å². The van der Waals surface area contributed by atoms with E-state index >= 15 is 4.39 Å². The predicted octanol–water partition coefficient (Wildman–Crippen LogP) is 6.89. The molecule has 2 aromatic rings. The number of carbonyl (C=O) groups is 1. The van der Waals surface area contributed by atoms with Crippen molar-refractivity contribution in [2.24, 2.45) is 11.1 Å². The number of hydrogen-bond donors (Lipinski definition) is 0. The molecule has 0 spiro atoms. The number of oxime groups is 1. The van der Waals surface area contributed by atoms with Crippen molar-refractivity contribution in [1.29, 1.82) is 0 Å². The smallest absolute Gasteiger partial charge is 0.374 e. The molecule has 0 bridgehead atoms. The van der Waals surface area contributed by atoms with Gasteiger partial charge in [0, 0.05) is 32.0 Å². The van der Waals surface area contributed by atoms with Crippen LogP contribution in [0.25, 0.3) is 0 Å². The molecular formula is C23H19Cl3F4N2O2. The molecule has 2 aliphatic rings. The van der Waals surface area contributed by atoms with Gasteiger partial charge in [0.2, 0.25) is 5.91 Å². The lowest BCUT2D eigenvalue weighted by Crippen LogP contribution is -2.45. The maximum atomic E-state index is 15.2. The lowest BCUT2D eigenvalue weighted by atomic mass is 9.68. The molecule has 0 saturated heterocycles. The van der Waals surface area contributed by atoms with Crippen LogP contribution in [-0.2, 0) is 20.9 Å². The zero-order valence-electron chi connectivity index (χ0n) is 18.0. The highest BCUT2D eigenvalue weighted by molar-refractivity contribution is 6.48. The Morgan fingerprint density at radius 2 is 1.62 bits per heavy atom. The fourth-order valence-corrected chi connectivity index (χ4v) is 4.90. The van der Waals surface area contributed by atoms with Crippen molar-refractivity contribution in [2.45, 2.75) is 36.7 Å². The minimum absolute atomic E-state index is 0.0354. The van der Waals surface area contributed by atoms with Crippen LogP contribution >= 0.6 is 34.8 Å². The number of carbonyl (C=O) groups excluding carboxylic acids is 1. The molecule has 34 heavy (non-hydrogen) atoms. The van der Waals surface area contributed by atoms with Crippen molar-refractivity contribution in [1.82, 2.24) is 4.90 Å². The second-order valence-corrected chi connectivity index (χ2v) is 9.96. The van der Waals surface area contributed by atoms with E-state index in [0.717, 1.165) is 12.1 Å². The Labute approximate surface area is 208 Å². The second kappa shape index (κ2) is 8.57. The van der Waals surface area contributed by atoms with E-state index in [-0.39, 0.29) is 45.1 Å². The van der Waals surface area contributed by atoms with Crippen molar-refractivity contribution >= 4 is 46.4 Å². The van der Waals surface area contributed by atoms with Gasteiger partial charge in [-0.2, -0.15) is 13.2 Å². The highest BCUT2D eigenvalue weighted by atomic mass is 35.5. The zero-order valence-corrected chi connectivity index (χ0v) is 20.3. The number of rotatable bonds is 4. The molecule has 2 aromatic carbocycles. The number of alkyl halides is 4. The van der Waals surface area contributed by atoms with E-state index in [4.69, 9.17) is 39.6 Å². The summed E-state index contributed by atoms with van der Waals surface area (Å²) < 4.78 is 57.8. The highest BCUT2D eigenvalue weighted by Crippen LogP contribution is 2.52. The van der Waals surface area contributed by atoms with Gasteiger partial charge in [-0.25, -0.2) is 4.39 Å². The molecule has 0 aromatic heterocycles. The van der Waals surface area contributed by atoms with Crippen LogP contribution in [0.2, 0.25) is 15.1 Å². The zero-order chi connectivity index (χ0) is 25.1. The molecule has 1 saturated carbocycles. The molecule has 182 valence electrons. The number of benzene rings is 2. The van der Waals surface area contributed by atoms with E-state index in [9.17, 15) is 18.0 Å². The highest BCUT2D eigenvalue weighted by Gasteiger charge is 2.62. The summed E-state index contributed by atoms with van der Waals surface area (Å²) in [7, 11) is 3.24. The lowest BCUT2D eigenvalue weighted by molar-refractivity contribution is -0.275. The minimum atomic E-state index is -4.85. The van der Waals surface area contributed by atoms with Crippen LogP contribution in [-0.4, -0.2) is 36.8 Å². The maximum absolute atomic E-state index is 15.2. The van der Waals surface area contributed by atoms with E-state index in [1.165, 1.54) is 29.2 Å². The lowest BCUT2D eigenvalue weighted by Gasteiger charge is -2.41.